The lowest BCUT2D eigenvalue weighted by molar-refractivity contribution is 0.341. The number of hydrogen-bond donors (Lipinski definition) is 0. The largest absolute Gasteiger partial charge is 0.357 e. The Kier molecular flexibility index (Phi) is 3.83. The maximum absolute atomic E-state index is 5.97. The van der Waals surface area contributed by atoms with Crippen LogP contribution in [0, 0.1) is 5.92 Å². The molecule has 1 aliphatic heterocycles. The zero-order valence-corrected chi connectivity index (χ0v) is 13.4. The third-order valence-electron chi connectivity index (χ3n) is 4.34. The van der Waals surface area contributed by atoms with Gasteiger partial charge < -0.3 is 4.90 Å². The monoisotopic (exact) mass is 328 g/mol. The number of piperidine rings is 1. The summed E-state index contributed by atoms with van der Waals surface area (Å²) in [5, 5.41) is 5.80. The molecule has 23 heavy (non-hydrogen) atoms. The fourth-order valence-electron chi connectivity index (χ4n) is 3.09. The molecule has 0 radical (unpaired) electrons. The van der Waals surface area contributed by atoms with Gasteiger partial charge in [0, 0.05) is 31.2 Å². The summed E-state index contributed by atoms with van der Waals surface area (Å²) in [5.74, 6) is 1.64. The molecule has 4 heterocycles. The fourth-order valence-corrected chi connectivity index (χ4v) is 3.25. The van der Waals surface area contributed by atoms with Gasteiger partial charge in [0.05, 0.1) is 5.02 Å². The minimum Gasteiger partial charge on any atom is -0.357 e. The highest BCUT2D eigenvalue weighted by atomic mass is 35.5. The smallest absolute Gasteiger partial charge is 0.161 e. The van der Waals surface area contributed by atoms with Gasteiger partial charge in [-0.3, -0.25) is 4.68 Å². The highest BCUT2D eigenvalue weighted by Gasteiger charge is 2.21. The molecule has 0 atom stereocenters. The number of halogens is 1. The Labute approximate surface area is 139 Å². The molecular weight excluding hydrogens is 312 g/mol. The Morgan fingerprint density at radius 1 is 1.22 bits per heavy atom. The Balaban J connectivity index is 1.44. The molecule has 4 rings (SSSR count). The summed E-state index contributed by atoms with van der Waals surface area (Å²) in [6, 6.07) is 5.99. The maximum Gasteiger partial charge on any atom is 0.161 e. The summed E-state index contributed by atoms with van der Waals surface area (Å²) < 4.78 is 1.92. The van der Waals surface area contributed by atoms with E-state index >= 15 is 0 Å². The van der Waals surface area contributed by atoms with Crippen molar-refractivity contribution in [2.75, 3.05) is 18.0 Å². The van der Waals surface area contributed by atoms with Crippen molar-refractivity contribution in [2.24, 2.45) is 5.92 Å². The van der Waals surface area contributed by atoms with E-state index < -0.39 is 0 Å². The zero-order valence-electron chi connectivity index (χ0n) is 12.6. The number of fused-ring (bicyclic) bond motifs is 1. The summed E-state index contributed by atoms with van der Waals surface area (Å²) in [7, 11) is 0. The van der Waals surface area contributed by atoms with Crippen LogP contribution in [0.4, 0.5) is 5.82 Å². The van der Waals surface area contributed by atoms with Gasteiger partial charge in [0.1, 0.15) is 18.5 Å². The van der Waals surface area contributed by atoms with Crippen molar-refractivity contribution in [2.45, 2.75) is 19.4 Å². The van der Waals surface area contributed by atoms with E-state index in [0.717, 1.165) is 49.3 Å². The van der Waals surface area contributed by atoms with Gasteiger partial charge in [-0.15, -0.1) is 0 Å². The normalized spacial score (nSPS) is 16.1. The number of anilines is 1. The van der Waals surface area contributed by atoms with Gasteiger partial charge in [-0.1, -0.05) is 11.6 Å². The summed E-state index contributed by atoms with van der Waals surface area (Å²) in [4.78, 5) is 15.3. The first-order valence-electron chi connectivity index (χ1n) is 7.77. The molecule has 0 N–H and O–H groups in total. The first kappa shape index (κ1) is 14.4. The predicted octanol–water partition coefficient (Wildman–Crippen LogP) is 2.79. The van der Waals surface area contributed by atoms with Gasteiger partial charge in [0.2, 0.25) is 0 Å². The summed E-state index contributed by atoms with van der Waals surface area (Å²) >= 11 is 5.97. The van der Waals surface area contributed by atoms with Crippen LogP contribution >= 0.6 is 11.6 Å². The molecule has 0 aromatic carbocycles. The quantitative estimate of drug-likeness (QED) is 0.740. The molecule has 0 aliphatic carbocycles. The van der Waals surface area contributed by atoms with E-state index in [2.05, 4.69) is 31.0 Å². The summed E-state index contributed by atoms with van der Waals surface area (Å²) in [6.45, 7) is 2.95. The predicted molar refractivity (Wildman–Crippen MR) is 89.5 cm³/mol. The molecule has 3 aromatic heterocycles. The second-order valence-corrected chi connectivity index (χ2v) is 6.35. The molecule has 1 saturated heterocycles. The third kappa shape index (κ3) is 3.12. The van der Waals surface area contributed by atoms with Crippen LogP contribution in [0.5, 0.6) is 0 Å². The minimum absolute atomic E-state index is 0.640. The van der Waals surface area contributed by atoms with Crippen LogP contribution < -0.4 is 4.90 Å². The first-order valence-corrected chi connectivity index (χ1v) is 8.15. The maximum atomic E-state index is 5.97. The average Bonchev–Trinajstić information content (AvgIpc) is 3.08. The molecule has 0 spiro atoms. The van der Waals surface area contributed by atoms with E-state index in [1.165, 1.54) is 0 Å². The van der Waals surface area contributed by atoms with Crippen molar-refractivity contribution in [3.05, 3.63) is 42.1 Å². The van der Waals surface area contributed by atoms with Crippen molar-refractivity contribution in [3.8, 4) is 0 Å². The Bertz CT molecular complexity index is 795. The van der Waals surface area contributed by atoms with Gasteiger partial charge >= 0.3 is 0 Å². The Hall–Kier alpha value is -2.21. The number of hydrogen-bond acceptors (Lipinski definition) is 5. The lowest BCUT2D eigenvalue weighted by Crippen LogP contribution is -2.35. The van der Waals surface area contributed by atoms with Gasteiger partial charge in [0.15, 0.2) is 5.65 Å². The van der Waals surface area contributed by atoms with Gasteiger partial charge in [0.25, 0.3) is 0 Å². The topological polar surface area (TPSA) is 59.7 Å². The van der Waals surface area contributed by atoms with Crippen molar-refractivity contribution >= 4 is 28.5 Å². The van der Waals surface area contributed by atoms with Crippen molar-refractivity contribution in [1.82, 2.24) is 24.7 Å². The number of pyridine rings is 2. The second-order valence-electron chi connectivity index (χ2n) is 5.92. The Morgan fingerprint density at radius 2 is 2.09 bits per heavy atom. The van der Waals surface area contributed by atoms with Crippen LogP contribution in [-0.4, -0.2) is 37.8 Å². The fraction of sp³-hybridized carbons (Fsp3) is 0.375. The number of nitrogens with zero attached hydrogens (tertiary/aromatic N) is 6. The SMILES string of the molecule is Clc1cnc2nc(N3CCC(Cn4cncn4)CC3)ccc2c1. The third-order valence-corrected chi connectivity index (χ3v) is 4.55. The molecule has 0 unspecified atom stereocenters. The standard InChI is InChI=1S/C16H17ClN6/c17-14-7-13-1-2-15(21-16(13)19-8-14)22-5-3-12(4-6-22)9-23-11-18-10-20-23/h1-2,7-8,10-12H,3-6,9H2. The molecular formula is C16H17ClN6. The highest BCUT2D eigenvalue weighted by Crippen LogP contribution is 2.25. The molecule has 1 aliphatic rings. The van der Waals surface area contributed by atoms with E-state index in [1.807, 2.05) is 16.8 Å². The average molecular weight is 329 g/mol. The molecule has 6 nitrogen and oxygen atoms in total. The van der Waals surface area contributed by atoms with E-state index in [-0.39, 0.29) is 0 Å². The second kappa shape index (κ2) is 6.12. The van der Waals surface area contributed by atoms with E-state index in [1.54, 1.807) is 18.9 Å². The summed E-state index contributed by atoms with van der Waals surface area (Å²) in [6.07, 6.45) is 7.29. The van der Waals surface area contributed by atoms with Gasteiger partial charge in [-0.2, -0.15) is 5.10 Å². The highest BCUT2D eigenvalue weighted by molar-refractivity contribution is 6.31. The zero-order chi connectivity index (χ0) is 15.6. The van der Waals surface area contributed by atoms with Crippen molar-refractivity contribution in [3.63, 3.8) is 0 Å². The molecule has 3 aromatic rings. The molecule has 0 bridgehead atoms. The lowest BCUT2D eigenvalue weighted by atomic mass is 9.97. The van der Waals surface area contributed by atoms with Crippen LogP contribution in [0.2, 0.25) is 5.02 Å². The van der Waals surface area contributed by atoms with E-state index in [4.69, 9.17) is 11.6 Å². The van der Waals surface area contributed by atoms with Gasteiger partial charge in [-0.25, -0.2) is 15.0 Å². The van der Waals surface area contributed by atoms with E-state index in [0.29, 0.717) is 10.9 Å². The number of rotatable bonds is 3. The van der Waals surface area contributed by atoms with Crippen LogP contribution in [-0.2, 0) is 6.54 Å². The lowest BCUT2D eigenvalue weighted by Gasteiger charge is -2.32. The van der Waals surface area contributed by atoms with E-state index in [9.17, 15) is 0 Å². The van der Waals surface area contributed by atoms with Crippen LogP contribution in [0.3, 0.4) is 0 Å². The number of aromatic nitrogens is 5. The van der Waals surface area contributed by atoms with Crippen LogP contribution in [0.25, 0.3) is 11.0 Å². The molecule has 0 saturated carbocycles. The molecule has 1 fully saturated rings. The molecule has 0 amide bonds. The van der Waals surface area contributed by atoms with Crippen LogP contribution in [0.15, 0.2) is 37.1 Å². The molecule has 118 valence electrons. The molecule has 7 heteroatoms. The first-order chi connectivity index (χ1) is 11.3. The minimum atomic E-state index is 0.640. The van der Waals surface area contributed by atoms with Gasteiger partial charge in [-0.05, 0) is 37.0 Å². The Morgan fingerprint density at radius 3 is 2.87 bits per heavy atom. The van der Waals surface area contributed by atoms with Crippen LogP contribution in [0.1, 0.15) is 12.8 Å². The van der Waals surface area contributed by atoms with Crippen molar-refractivity contribution < 1.29 is 0 Å². The van der Waals surface area contributed by atoms with Crippen molar-refractivity contribution in [1.29, 1.82) is 0 Å². The summed E-state index contributed by atoms with van der Waals surface area (Å²) in [5.41, 5.74) is 0.747.